The predicted octanol–water partition coefficient (Wildman–Crippen LogP) is 3.04. The Balaban J connectivity index is 1.79. The molecule has 3 N–H and O–H groups in total. The van der Waals surface area contributed by atoms with Crippen molar-refractivity contribution in [2.75, 3.05) is 17.6 Å². The van der Waals surface area contributed by atoms with Gasteiger partial charge in [-0.3, -0.25) is 0 Å². The SMILES string of the molecule is COc1cccc(C=Cc2ccnc(NS(=O)(=O)c3ccc(N)cc3)n2)c1. The van der Waals surface area contributed by atoms with E-state index in [1.165, 1.54) is 30.5 Å². The minimum Gasteiger partial charge on any atom is -0.497 e. The maximum atomic E-state index is 12.4. The van der Waals surface area contributed by atoms with Crippen molar-refractivity contribution in [3.63, 3.8) is 0 Å². The standard InChI is InChI=1S/C19H18N4O3S/c1-26-17-4-2-3-14(13-17)5-8-16-11-12-21-19(22-16)23-27(24,25)18-9-6-15(20)7-10-18/h2-13H,20H2,1H3,(H,21,22,23). The highest BCUT2D eigenvalue weighted by atomic mass is 32.2. The number of hydrogen-bond donors (Lipinski definition) is 2. The molecule has 2 aromatic carbocycles. The smallest absolute Gasteiger partial charge is 0.264 e. The zero-order chi connectivity index (χ0) is 19.3. The molecule has 1 heterocycles. The quantitative estimate of drug-likeness (QED) is 0.635. The molecule has 3 aromatic rings. The summed E-state index contributed by atoms with van der Waals surface area (Å²) >= 11 is 0. The van der Waals surface area contributed by atoms with Gasteiger partial charge in [0.15, 0.2) is 0 Å². The Labute approximate surface area is 157 Å². The van der Waals surface area contributed by atoms with Crippen molar-refractivity contribution in [3.05, 3.63) is 72.1 Å². The lowest BCUT2D eigenvalue weighted by atomic mass is 10.2. The second-order valence-electron chi connectivity index (χ2n) is 5.59. The van der Waals surface area contributed by atoms with E-state index in [9.17, 15) is 8.42 Å². The topological polar surface area (TPSA) is 107 Å². The number of benzene rings is 2. The van der Waals surface area contributed by atoms with Gasteiger partial charge in [0.05, 0.1) is 17.7 Å². The van der Waals surface area contributed by atoms with Crippen molar-refractivity contribution in [2.45, 2.75) is 4.90 Å². The first kappa shape index (κ1) is 18.4. The van der Waals surface area contributed by atoms with Crippen LogP contribution in [0.5, 0.6) is 5.75 Å². The maximum absolute atomic E-state index is 12.4. The van der Waals surface area contributed by atoms with Crippen molar-refractivity contribution in [1.29, 1.82) is 0 Å². The summed E-state index contributed by atoms with van der Waals surface area (Å²) in [5.74, 6) is 0.733. The van der Waals surface area contributed by atoms with Crippen LogP contribution in [0.25, 0.3) is 12.2 Å². The normalized spacial score (nSPS) is 11.4. The first-order chi connectivity index (χ1) is 13.0. The number of anilines is 2. The van der Waals surface area contributed by atoms with Crippen molar-refractivity contribution >= 4 is 33.8 Å². The summed E-state index contributed by atoms with van der Waals surface area (Å²) in [7, 11) is -2.19. The average molecular weight is 382 g/mol. The van der Waals surface area contributed by atoms with E-state index in [-0.39, 0.29) is 10.8 Å². The molecule has 138 valence electrons. The van der Waals surface area contributed by atoms with Crippen LogP contribution >= 0.6 is 0 Å². The molecule has 0 saturated carbocycles. The maximum Gasteiger partial charge on any atom is 0.264 e. The molecule has 8 heteroatoms. The van der Waals surface area contributed by atoms with Crippen molar-refractivity contribution in [1.82, 2.24) is 9.97 Å². The molecule has 27 heavy (non-hydrogen) atoms. The lowest BCUT2D eigenvalue weighted by molar-refractivity contribution is 0.414. The van der Waals surface area contributed by atoms with Crippen LogP contribution < -0.4 is 15.2 Å². The molecule has 0 saturated heterocycles. The van der Waals surface area contributed by atoms with Gasteiger partial charge in [-0.15, -0.1) is 0 Å². The number of nitrogens with two attached hydrogens (primary N) is 1. The van der Waals surface area contributed by atoms with Gasteiger partial charge in [0.25, 0.3) is 10.0 Å². The summed E-state index contributed by atoms with van der Waals surface area (Å²) in [6.45, 7) is 0. The number of sulfonamides is 1. The monoisotopic (exact) mass is 382 g/mol. The Morgan fingerprint density at radius 2 is 1.85 bits per heavy atom. The summed E-state index contributed by atoms with van der Waals surface area (Å²) in [4.78, 5) is 8.27. The fraction of sp³-hybridized carbons (Fsp3) is 0.0526. The largest absolute Gasteiger partial charge is 0.497 e. The van der Waals surface area contributed by atoms with Crippen LogP contribution in [0, 0.1) is 0 Å². The summed E-state index contributed by atoms with van der Waals surface area (Å²) in [6, 6.07) is 15.1. The molecule has 0 fully saturated rings. The summed E-state index contributed by atoms with van der Waals surface area (Å²) in [5, 5.41) is 0. The molecule has 0 aliphatic rings. The molecule has 0 atom stereocenters. The molecule has 0 spiro atoms. The van der Waals surface area contributed by atoms with Crippen LogP contribution in [0.2, 0.25) is 0 Å². The number of hydrogen-bond acceptors (Lipinski definition) is 6. The Hall–Kier alpha value is -3.39. The van der Waals surface area contributed by atoms with Gasteiger partial charge in [-0.2, -0.15) is 0 Å². The number of nitrogens with one attached hydrogen (secondary N) is 1. The lowest BCUT2D eigenvalue weighted by Gasteiger charge is -2.07. The number of ether oxygens (including phenoxy) is 1. The van der Waals surface area contributed by atoms with Crippen molar-refractivity contribution in [2.24, 2.45) is 0 Å². The third-order valence-corrected chi connectivity index (χ3v) is 4.98. The van der Waals surface area contributed by atoms with Crippen LogP contribution in [-0.2, 0) is 10.0 Å². The van der Waals surface area contributed by atoms with Crippen LogP contribution in [-0.4, -0.2) is 25.5 Å². The second-order valence-corrected chi connectivity index (χ2v) is 7.27. The number of rotatable bonds is 6. The van der Waals surface area contributed by atoms with Crippen molar-refractivity contribution in [3.8, 4) is 5.75 Å². The summed E-state index contributed by atoms with van der Waals surface area (Å²) < 4.78 is 32.4. The number of methoxy groups -OCH3 is 1. The van der Waals surface area contributed by atoms with Crippen LogP contribution in [0.15, 0.2) is 65.7 Å². The second kappa shape index (κ2) is 7.88. The van der Waals surface area contributed by atoms with Crippen molar-refractivity contribution < 1.29 is 13.2 Å². The van der Waals surface area contributed by atoms with E-state index in [1.807, 2.05) is 30.3 Å². The van der Waals surface area contributed by atoms with Gasteiger partial charge in [-0.05, 0) is 54.1 Å². The highest BCUT2D eigenvalue weighted by Gasteiger charge is 2.15. The first-order valence-electron chi connectivity index (χ1n) is 8.00. The predicted molar refractivity (Wildman–Crippen MR) is 106 cm³/mol. The van der Waals surface area contributed by atoms with E-state index in [1.54, 1.807) is 19.3 Å². The van der Waals surface area contributed by atoms with Gasteiger partial charge in [-0.25, -0.2) is 23.1 Å². The fourth-order valence-corrected chi connectivity index (χ4v) is 3.22. The molecular weight excluding hydrogens is 364 g/mol. The van der Waals surface area contributed by atoms with E-state index < -0.39 is 10.0 Å². The van der Waals surface area contributed by atoms with E-state index >= 15 is 0 Å². The minimum atomic E-state index is -3.79. The molecule has 3 rings (SSSR count). The Morgan fingerprint density at radius 1 is 1.07 bits per heavy atom. The number of nitrogen functional groups attached to an aromatic ring is 1. The fourth-order valence-electron chi connectivity index (χ4n) is 2.27. The van der Waals surface area contributed by atoms with Gasteiger partial charge < -0.3 is 10.5 Å². The molecule has 0 aliphatic heterocycles. The van der Waals surface area contributed by atoms with Crippen LogP contribution in [0.3, 0.4) is 0 Å². The zero-order valence-electron chi connectivity index (χ0n) is 14.5. The lowest BCUT2D eigenvalue weighted by Crippen LogP contribution is -2.15. The Kier molecular flexibility index (Phi) is 5.37. The Morgan fingerprint density at radius 3 is 2.59 bits per heavy atom. The molecule has 0 bridgehead atoms. The molecule has 0 unspecified atom stereocenters. The van der Waals surface area contributed by atoms with Gasteiger partial charge in [0, 0.05) is 11.9 Å². The van der Waals surface area contributed by atoms with E-state index in [4.69, 9.17) is 10.5 Å². The van der Waals surface area contributed by atoms with E-state index in [0.717, 1.165) is 11.3 Å². The number of aromatic nitrogens is 2. The molecular formula is C19H18N4O3S. The van der Waals surface area contributed by atoms with Crippen LogP contribution in [0.1, 0.15) is 11.3 Å². The summed E-state index contributed by atoms with van der Waals surface area (Å²) in [6.07, 6.45) is 5.10. The first-order valence-corrected chi connectivity index (χ1v) is 9.48. The highest BCUT2D eigenvalue weighted by molar-refractivity contribution is 7.92. The summed E-state index contributed by atoms with van der Waals surface area (Å²) in [5.41, 5.74) is 7.55. The number of nitrogens with zero attached hydrogens (tertiary/aromatic N) is 2. The Bertz CT molecular complexity index is 1060. The highest BCUT2D eigenvalue weighted by Crippen LogP contribution is 2.17. The molecule has 0 aliphatic carbocycles. The molecule has 7 nitrogen and oxygen atoms in total. The zero-order valence-corrected chi connectivity index (χ0v) is 15.3. The average Bonchev–Trinajstić information content (AvgIpc) is 2.67. The van der Waals surface area contributed by atoms with Gasteiger partial charge in [0.1, 0.15) is 5.75 Å². The third kappa shape index (κ3) is 4.83. The molecule has 1 aromatic heterocycles. The van der Waals surface area contributed by atoms with Crippen LogP contribution in [0.4, 0.5) is 11.6 Å². The minimum absolute atomic E-state index is 0.0142. The molecule has 0 amide bonds. The van der Waals surface area contributed by atoms with Gasteiger partial charge >= 0.3 is 0 Å². The third-order valence-electron chi connectivity index (χ3n) is 3.63. The molecule has 0 radical (unpaired) electrons. The van der Waals surface area contributed by atoms with Gasteiger partial charge in [0.2, 0.25) is 5.95 Å². The van der Waals surface area contributed by atoms with E-state index in [2.05, 4.69) is 14.7 Å². The van der Waals surface area contributed by atoms with Gasteiger partial charge in [-0.1, -0.05) is 18.2 Å². The van der Waals surface area contributed by atoms with E-state index in [0.29, 0.717) is 11.4 Å².